The molecule has 0 amide bonds. The van der Waals surface area contributed by atoms with E-state index in [1.807, 2.05) is 13.8 Å². The topological polar surface area (TPSA) is 38.7 Å². The molecule has 0 saturated carbocycles. The number of hydrogen-bond acceptors (Lipinski definition) is 3. The number of ether oxygens (including phenoxy) is 2. The molecule has 0 aromatic rings. The largest absolute Gasteiger partial charge is 0.392 e. The van der Waals surface area contributed by atoms with Crippen LogP contribution in [0, 0.1) is 0 Å². The van der Waals surface area contributed by atoms with E-state index in [9.17, 15) is 0 Å². The standard InChI is InChI=1S/C8H16O3/c1-7(4-5-9)8(2)11-6-10-3/h4,8-9H,5-6H2,1-3H3/b7-4+/t8-/m0/s1. The first kappa shape index (κ1) is 10.6. The zero-order valence-electron chi connectivity index (χ0n) is 7.33. The number of aliphatic hydroxyl groups excluding tert-OH is 1. The van der Waals surface area contributed by atoms with Crippen molar-refractivity contribution < 1.29 is 14.6 Å². The third-order valence-electron chi connectivity index (χ3n) is 1.49. The van der Waals surface area contributed by atoms with Crippen LogP contribution in [-0.4, -0.2) is 31.7 Å². The van der Waals surface area contributed by atoms with Crippen LogP contribution in [0.5, 0.6) is 0 Å². The van der Waals surface area contributed by atoms with Crippen molar-refractivity contribution >= 4 is 0 Å². The van der Waals surface area contributed by atoms with Gasteiger partial charge in [-0.15, -0.1) is 0 Å². The molecule has 0 aliphatic heterocycles. The summed E-state index contributed by atoms with van der Waals surface area (Å²) in [7, 11) is 1.58. The third kappa shape index (κ3) is 4.95. The molecular formula is C8H16O3. The Kier molecular flexibility index (Phi) is 6.12. The molecule has 3 heteroatoms. The van der Waals surface area contributed by atoms with Crippen LogP contribution in [0.3, 0.4) is 0 Å². The maximum absolute atomic E-state index is 8.55. The summed E-state index contributed by atoms with van der Waals surface area (Å²) in [5.74, 6) is 0. The number of aliphatic hydroxyl groups is 1. The lowest BCUT2D eigenvalue weighted by Crippen LogP contribution is -2.11. The smallest absolute Gasteiger partial charge is 0.147 e. The Morgan fingerprint density at radius 2 is 2.27 bits per heavy atom. The number of rotatable bonds is 5. The Hall–Kier alpha value is -0.380. The molecule has 66 valence electrons. The molecule has 0 heterocycles. The lowest BCUT2D eigenvalue weighted by Gasteiger charge is -2.12. The average Bonchev–Trinajstić information content (AvgIpc) is 2.00. The molecule has 11 heavy (non-hydrogen) atoms. The highest BCUT2D eigenvalue weighted by molar-refractivity contribution is 5.03. The summed E-state index contributed by atoms with van der Waals surface area (Å²) >= 11 is 0. The summed E-state index contributed by atoms with van der Waals surface area (Å²) in [6.07, 6.45) is 1.74. The van der Waals surface area contributed by atoms with Crippen molar-refractivity contribution in [2.45, 2.75) is 20.0 Å². The molecule has 0 unspecified atom stereocenters. The third-order valence-corrected chi connectivity index (χ3v) is 1.49. The Morgan fingerprint density at radius 1 is 1.64 bits per heavy atom. The first-order valence-corrected chi connectivity index (χ1v) is 3.60. The fourth-order valence-electron chi connectivity index (χ4n) is 0.612. The van der Waals surface area contributed by atoms with Crippen molar-refractivity contribution in [3.05, 3.63) is 11.6 Å². The summed E-state index contributed by atoms with van der Waals surface area (Å²) in [6, 6.07) is 0. The van der Waals surface area contributed by atoms with Crippen LogP contribution < -0.4 is 0 Å². The predicted octanol–water partition coefficient (Wildman–Crippen LogP) is 0.934. The van der Waals surface area contributed by atoms with Gasteiger partial charge in [0, 0.05) is 7.11 Å². The van der Waals surface area contributed by atoms with E-state index in [1.165, 1.54) is 0 Å². The van der Waals surface area contributed by atoms with Crippen LogP contribution in [0.2, 0.25) is 0 Å². The molecule has 0 fully saturated rings. The maximum atomic E-state index is 8.55. The monoisotopic (exact) mass is 160 g/mol. The van der Waals surface area contributed by atoms with Gasteiger partial charge in [-0.3, -0.25) is 0 Å². The van der Waals surface area contributed by atoms with Crippen molar-refractivity contribution in [2.24, 2.45) is 0 Å². The fourth-order valence-corrected chi connectivity index (χ4v) is 0.612. The maximum Gasteiger partial charge on any atom is 0.147 e. The Labute approximate surface area is 67.6 Å². The van der Waals surface area contributed by atoms with Gasteiger partial charge >= 0.3 is 0 Å². The van der Waals surface area contributed by atoms with Crippen molar-refractivity contribution in [2.75, 3.05) is 20.5 Å². The van der Waals surface area contributed by atoms with Gasteiger partial charge in [-0.05, 0) is 19.4 Å². The van der Waals surface area contributed by atoms with Crippen molar-refractivity contribution in [3.8, 4) is 0 Å². The van der Waals surface area contributed by atoms with Gasteiger partial charge in [-0.1, -0.05) is 6.08 Å². The summed E-state index contributed by atoms with van der Waals surface area (Å²) in [6.45, 7) is 4.18. The first-order valence-electron chi connectivity index (χ1n) is 3.60. The molecule has 1 atom stereocenters. The zero-order valence-corrected chi connectivity index (χ0v) is 7.33. The van der Waals surface area contributed by atoms with Crippen LogP contribution in [0.1, 0.15) is 13.8 Å². The molecule has 0 saturated heterocycles. The Bertz CT molecular complexity index is 121. The second-order valence-corrected chi connectivity index (χ2v) is 2.35. The second-order valence-electron chi connectivity index (χ2n) is 2.35. The van der Waals surface area contributed by atoms with Gasteiger partial charge in [0.05, 0.1) is 12.7 Å². The average molecular weight is 160 g/mol. The highest BCUT2D eigenvalue weighted by atomic mass is 16.7. The number of hydrogen-bond donors (Lipinski definition) is 1. The summed E-state index contributed by atoms with van der Waals surface area (Å²) in [4.78, 5) is 0. The minimum absolute atomic E-state index is 0.0158. The van der Waals surface area contributed by atoms with Crippen LogP contribution in [0.15, 0.2) is 11.6 Å². The van der Waals surface area contributed by atoms with E-state index in [-0.39, 0.29) is 19.5 Å². The molecule has 0 bridgehead atoms. The molecule has 0 rings (SSSR count). The molecule has 0 aromatic heterocycles. The van der Waals surface area contributed by atoms with E-state index in [0.717, 1.165) is 5.57 Å². The quantitative estimate of drug-likeness (QED) is 0.480. The van der Waals surface area contributed by atoms with Gasteiger partial charge < -0.3 is 14.6 Å². The van der Waals surface area contributed by atoms with E-state index < -0.39 is 0 Å². The summed E-state index contributed by atoms with van der Waals surface area (Å²) in [5, 5.41) is 8.55. The fraction of sp³-hybridized carbons (Fsp3) is 0.750. The molecule has 0 aliphatic rings. The Balaban J connectivity index is 3.63. The van der Waals surface area contributed by atoms with E-state index >= 15 is 0 Å². The lowest BCUT2D eigenvalue weighted by atomic mass is 10.2. The van der Waals surface area contributed by atoms with Gasteiger partial charge in [0.25, 0.3) is 0 Å². The zero-order chi connectivity index (χ0) is 8.69. The molecule has 0 radical (unpaired) electrons. The van der Waals surface area contributed by atoms with Crippen LogP contribution in [-0.2, 0) is 9.47 Å². The minimum Gasteiger partial charge on any atom is -0.392 e. The molecular weight excluding hydrogens is 144 g/mol. The van der Waals surface area contributed by atoms with E-state index in [1.54, 1.807) is 13.2 Å². The summed E-state index contributed by atoms with van der Waals surface area (Å²) < 4.78 is 9.93. The molecule has 0 aliphatic carbocycles. The van der Waals surface area contributed by atoms with E-state index in [2.05, 4.69) is 0 Å². The summed E-state index contributed by atoms with van der Waals surface area (Å²) in [5.41, 5.74) is 1.02. The predicted molar refractivity (Wildman–Crippen MR) is 43.3 cm³/mol. The van der Waals surface area contributed by atoms with E-state index in [0.29, 0.717) is 0 Å². The van der Waals surface area contributed by atoms with Crippen molar-refractivity contribution in [1.82, 2.24) is 0 Å². The normalized spacial score (nSPS) is 15.1. The Morgan fingerprint density at radius 3 is 2.73 bits per heavy atom. The van der Waals surface area contributed by atoms with Gasteiger partial charge in [-0.25, -0.2) is 0 Å². The van der Waals surface area contributed by atoms with Gasteiger partial charge in [-0.2, -0.15) is 0 Å². The second kappa shape index (κ2) is 6.34. The van der Waals surface area contributed by atoms with Crippen molar-refractivity contribution in [3.63, 3.8) is 0 Å². The van der Waals surface area contributed by atoms with Gasteiger partial charge in [0.2, 0.25) is 0 Å². The molecule has 0 aromatic carbocycles. The SMILES string of the molecule is COCO[C@@H](C)/C(C)=C/CO. The minimum atomic E-state index is 0.0158. The molecule has 0 spiro atoms. The van der Waals surface area contributed by atoms with Crippen LogP contribution in [0.4, 0.5) is 0 Å². The van der Waals surface area contributed by atoms with Gasteiger partial charge in [0.15, 0.2) is 0 Å². The molecule has 3 nitrogen and oxygen atoms in total. The van der Waals surface area contributed by atoms with Crippen LogP contribution >= 0.6 is 0 Å². The highest BCUT2D eigenvalue weighted by Crippen LogP contribution is 2.04. The van der Waals surface area contributed by atoms with Crippen LogP contribution in [0.25, 0.3) is 0 Å². The first-order chi connectivity index (χ1) is 5.22. The highest BCUT2D eigenvalue weighted by Gasteiger charge is 2.02. The van der Waals surface area contributed by atoms with Gasteiger partial charge in [0.1, 0.15) is 6.79 Å². The molecule has 1 N–H and O–H groups in total. The van der Waals surface area contributed by atoms with Crippen molar-refractivity contribution in [1.29, 1.82) is 0 Å². The lowest BCUT2D eigenvalue weighted by molar-refractivity contribution is -0.0531. The number of methoxy groups -OCH3 is 1. The van der Waals surface area contributed by atoms with E-state index in [4.69, 9.17) is 14.6 Å².